The van der Waals surface area contributed by atoms with Crippen LogP contribution < -0.4 is 55.1 Å². The van der Waals surface area contributed by atoms with E-state index in [0.717, 1.165) is 0 Å². The van der Waals surface area contributed by atoms with Crippen molar-refractivity contribution in [3.63, 3.8) is 0 Å². The zero-order chi connectivity index (χ0) is 38.9. The molecule has 0 aliphatic carbocycles. The molecule has 0 aliphatic rings. The van der Waals surface area contributed by atoms with Gasteiger partial charge < -0.3 is 0 Å². The fourth-order valence-electron chi connectivity index (χ4n) is 7.66. The summed E-state index contributed by atoms with van der Waals surface area (Å²) >= 11 is -6.09. The zero-order valence-electron chi connectivity index (χ0n) is 32.0. The first-order valence-electron chi connectivity index (χ1n) is 19.6. The molecule has 0 fully saturated rings. The normalized spacial score (nSPS) is 11.4. The van der Waals surface area contributed by atoms with E-state index in [4.69, 9.17) is 0 Å². The van der Waals surface area contributed by atoms with E-state index in [1.165, 1.54) is 55.1 Å². The second-order valence-electron chi connectivity index (χ2n) is 13.8. The maximum atomic E-state index is 2.49. The van der Waals surface area contributed by atoms with Gasteiger partial charge in [0, 0.05) is 0 Å². The molecule has 9 aromatic rings. The number of benzene rings is 9. The van der Waals surface area contributed by atoms with Crippen LogP contribution in [0.3, 0.4) is 0 Å². The summed E-state index contributed by atoms with van der Waals surface area (Å²) in [4.78, 5) is 0. The molecule has 4 heteroatoms. The Balaban J connectivity index is 1.36. The molecular formula is C54H42As3P. The summed E-state index contributed by atoms with van der Waals surface area (Å²) in [5.74, 6) is 0. The van der Waals surface area contributed by atoms with Crippen molar-refractivity contribution in [2.75, 3.05) is 0 Å². The average molecular weight is 947 g/mol. The van der Waals surface area contributed by atoms with Gasteiger partial charge in [0.2, 0.25) is 0 Å². The topological polar surface area (TPSA) is 0 Å². The molecule has 0 saturated carbocycles. The summed E-state index contributed by atoms with van der Waals surface area (Å²) in [7, 11) is -1.04. The second-order valence-corrected chi connectivity index (χ2v) is 29.7. The van der Waals surface area contributed by atoms with Crippen molar-refractivity contribution in [1.82, 2.24) is 0 Å². The quantitative estimate of drug-likeness (QED) is 0.120. The molecule has 0 atom stereocenters. The zero-order valence-corrected chi connectivity index (χ0v) is 38.6. The Morgan fingerprint density at radius 3 is 0.569 bits per heavy atom. The fourth-order valence-corrected chi connectivity index (χ4v) is 28.2. The first-order valence-corrected chi connectivity index (χ1v) is 29.4. The molecule has 58 heavy (non-hydrogen) atoms. The van der Waals surface area contributed by atoms with Crippen molar-refractivity contribution in [3.8, 4) is 0 Å². The first kappa shape index (κ1) is 38.6. The van der Waals surface area contributed by atoms with Gasteiger partial charge in [-0.2, -0.15) is 0 Å². The third-order valence-electron chi connectivity index (χ3n) is 10.2. The molecule has 0 N–H and O–H groups in total. The van der Waals surface area contributed by atoms with Gasteiger partial charge in [-0.25, -0.2) is 0 Å². The molecule has 0 amide bonds. The number of rotatable bonds is 12. The molecule has 0 nitrogen and oxygen atoms in total. The van der Waals surface area contributed by atoms with Gasteiger partial charge in [-0.05, 0) is 0 Å². The van der Waals surface area contributed by atoms with Crippen LogP contribution in [0, 0.1) is 0 Å². The van der Waals surface area contributed by atoms with E-state index in [0.29, 0.717) is 0 Å². The molecular weight excluding hydrogens is 904 g/mol. The summed E-state index contributed by atoms with van der Waals surface area (Å²) in [6, 6.07) is 96.8. The van der Waals surface area contributed by atoms with Crippen LogP contribution in [0.25, 0.3) is 0 Å². The van der Waals surface area contributed by atoms with Gasteiger partial charge >= 0.3 is 362 Å². The van der Waals surface area contributed by atoms with Crippen LogP contribution in [-0.4, -0.2) is 44.0 Å². The van der Waals surface area contributed by atoms with Crippen LogP contribution in [0.15, 0.2) is 255 Å². The summed E-state index contributed by atoms with van der Waals surface area (Å²) in [5, 5.41) is 4.45. The SMILES string of the molecule is c1ccc([As](c2ccccc2)c2ccccc2P(c2ccccc2[As](c2ccccc2)c2ccccc2)c2ccccc2[As](c2ccccc2)c2ccccc2)cc1. The third kappa shape index (κ3) is 8.32. The Hall–Kier alpha value is -4.91. The van der Waals surface area contributed by atoms with E-state index in [-0.39, 0.29) is 0 Å². The van der Waals surface area contributed by atoms with Crippen LogP contribution in [0.1, 0.15) is 0 Å². The maximum absolute atomic E-state index is 2.49. The molecule has 278 valence electrons. The molecule has 0 bridgehead atoms. The van der Waals surface area contributed by atoms with E-state index in [1.807, 2.05) is 0 Å². The van der Waals surface area contributed by atoms with E-state index in [1.54, 1.807) is 0 Å². The van der Waals surface area contributed by atoms with Crippen LogP contribution in [-0.2, 0) is 0 Å². The van der Waals surface area contributed by atoms with Crippen molar-refractivity contribution < 1.29 is 0 Å². The van der Waals surface area contributed by atoms with Gasteiger partial charge in [0.15, 0.2) is 0 Å². The first-order chi connectivity index (χ1) is 28.8. The Labute approximate surface area is 358 Å². The molecule has 0 spiro atoms. The van der Waals surface area contributed by atoms with Gasteiger partial charge in [-0.1, -0.05) is 0 Å². The minimum atomic E-state index is -2.03. The Morgan fingerprint density at radius 1 is 0.190 bits per heavy atom. The predicted molar refractivity (Wildman–Crippen MR) is 258 cm³/mol. The Morgan fingerprint density at radius 2 is 0.362 bits per heavy atom. The van der Waals surface area contributed by atoms with E-state index in [2.05, 4.69) is 255 Å². The number of hydrogen-bond donors (Lipinski definition) is 0. The van der Waals surface area contributed by atoms with Gasteiger partial charge in [0.1, 0.15) is 0 Å². The molecule has 0 heterocycles. The van der Waals surface area contributed by atoms with Crippen LogP contribution >= 0.6 is 7.92 Å². The summed E-state index contributed by atoms with van der Waals surface area (Å²) < 4.78 is 13.3. The van der Waals surface area contributed by atoms with Crippen LogP contribution in [0.4, 0.5) is 0 Å². The van der Waals surface area contributed by atoms with Crippen molar-refractivity contribution in [2.45, 2.75) is 0 Å². The molecule has 0 radical (unpaired) electrons. The molecule has 0 saturated heterocycles. The average Bonchev–Trinajstić information content (AvgIpc) is 3.30. The predicted octanol–water partition coefficient (Wildman–Crippen LogP) is 4.99. The second kappa shape index (κ2) is 18.8. The molecule has 0 aliphatic heterocycles. The fraction of sp³-hybridized carbons (Fsp3) is 0. The number of hydrogen-bond acceptors (Lipinski definition) is 0. The molecule has 9 rings (SSSR count). The van der Waals surface area contributed by atoms with Gasteiger partial charge in [-0.3, -0.25) is 0 Å². The summed E-state index contributed by atoms with van der Waals surface area (Å²) in [6.45, 7) is 0. The van der Waals surface area contributed by atoms with Gasteiger partial charge in [0.05, 0.1) is 0 Å². The third-order valence-corrected chi connectivity index (χ3v) is 29.7. The van der Waals surface area contributed by atoms with E-state index < -0.39 is 51.9 Å². The molecule has 9 aromatic carbocycles. The van der Waals surface area contributed by atoms with Crippen molar-refractivity contribution in [3.05, 3.63) is 255 Å². The monoisotopic (exact) mass is 946 g/mol. The van der Waals surface area contributed by atoms with E-state index in [9.17, 15) is 0 Å². The summed E-state index contributed by atoms with van der Waals surface area (Å²) in [6.07, 6.45) is 0. The standard InChI is InChI=1S/C54H42As3P/c1-7-25-43(26-8-1)55(44-27-9-2-10-28-44)49-37-19-22-40-52(49)58(53-41-23-20-38-50(53)56(45-29-11-3-12-30-45)46-31-13-4-14-32-46)54-42-24-21-39-51(54)57(47-33-15-5-16-34-47)48-35-17-6-18-36-48/h1-42H. The Kier molecular flexibility index (Phi) is 12.5. The van der Waals surface area contributed by atoms with Gasteiger partial charge in [0.25, 0.3) is 0 Å². The van der Waals surface area contributed by atoms with Crippen LogP contribution in [0.2, 0.25) is 0 Å². The Bertz CT molecular complexity index is 2260. The van der Waals surface area contributed by atoms with Crippen molar-refractivity contribution >= 4 is 107 Å². The minimum absolute atomic E-state index is 1.04. The van der Waals surface area contributed by atoms with Crippen molar-refractivity contribution in [2.24, 2.45) is 0 Å². The van der Waals surface area contributed by atoms with Gasteiger partial charge in [-0.15, -0.1) is 0 Å². The molecule has 0 aromatic heterocycles. The van der Waals surface area contributed by atoms with Crippen molar-refractivity contribution in [1.29, 1.82) is 0 Å². The summed E-state index contributed by atoms with van der Waals surface area (Å²) in [5.41, 5.74) is 0. The van der Waals surface area contributed by atoms with Crippen LogP contribution in [0.5, 0.6) is 0 Å². The molecule has 0 unspecified atom stereocenters. The van der Waals surface area contributed by atoms with E-state index >= 15 is 0 Å².